The molecule has 1 fully saturated rings. The van der Waals surface area contributed by atoms with Crippen LogP contribution in [0.4, 0.5) is 13.9 Å². The number of aromatic nitrogens is 3. The molecule has 0 saturated heterocycles. The molecule has 1 aliphatic carbocycles. The van der Waals surface area contributed by atoms with Crippen molar-refractivity contribution in [3.63, 3.8) is 0 Å². The fraction of sp³-hybridized carbons (Fsp3) is 0.583. The molecule has 1 saturated carbocycles. The molecule has 2 heterocycles. The van der Waals surface area contributed by atoms with E-state index in [0.717, 1.165) is 16.2 Å². The molecular weight excluding hydrogens is 302 g/mol. The van der Waals surface area contributed by atoms with E-state index in [0.29, 0.717) is 17.6 Å². The number of rotatable bonds is 5. The van der Waals surface area contributed by atoms with Gasteiger partial charge in [-0.2, -0.15) is 0 Å². The number of nitrogens with zero attached hydrogens (tertiary/aromatic N) is 3. The first-order valence-corrected chi connectivity index (χ1v) is 8.15. The lowest BCUT2D eigenvalue weighted by Crippen LogP contribution is -1.96. The van der Waals surface area contributed by atoms with Crippen LogP contribution in [0.15, 0.2) is 6.20 Å². The van der Waals surface area contributed by atoms with Crippen molar-refractivity contribution in [2.75, 3.05) is 5.32 Å². The minimum atomic E-state index is -2.56. The van der Waals surface area contributed by atoms with Crippen molar-refractivity contribution in [1.82, 2.24) is 15.2 Å². The molecule has 0 amide bonds. The van der Waals surface area contributed by atoms with Crippen LogP contribution in [-0.4, -0.2) is 15.2 Å². The fourth-order valence-electron chi connectivity index (χ4n) is 2.32. The van der Waals surface area contributed by atoms with Gasteiger partial charge in [0.1, 0.15) is 0 Å². The molecule has 108 valence electrons. The molecule has 2 aromatic heterocycles. The Morgan fingerprint density at radius 3 is 2.75 bits per heavy atom. The topological polar surface area (TPSA) is 50.7 Å². The standard InChI is InChI=1S/C12H14F2N4S2/c13-9(14)11-17-18-12(20-11)16-6-8-5-15-10(19-8)7-3-1-2-4-7/h5,7,9H,1-4,6H2,(H,16,18). The average molecular weight is 316 g/mol. The fourth-order valence-corrected chi connectivity index (χ4v) is 3.94. The molecule has 0 radical (unpaired) electrons. The molecule has 0 unspecified atom stereocenters. The van der Waals surface area contributed by atoms with Gasteiger partial charge >= 0.3 is 0 Å². The number of anilines is 1. The van der Waals surface area contributed by atoms with E-state index >= 15 is 0 Å². The highest BCUT2D eigenvalue weighted by atomic mass is 32.1. The molecule has 3 rings (SSSR count). The molecule has 1 aliphatic rings. The van der Waals surface area contributed by atoms with Gasteiger partial charge in [-0.3, -0.25) is 0 Å². The Labute approximate surface area is 123 Å². The van der Waals surface area contributed by atoms with Crippen molar-refractivity contribution in [3.05, 3.63) is 21.1 Å². The van der Waals surface area contributed by atoms with E-state index in [1.54, 1.807) is 11.3 Å². The lowest BCUT2D eigenvalue weighted by molar-refractivity contribution is 0.150. The summed E-state index contributed by atoms with van der Waals surface area (Å²) in [4.78, 5) is 5.57. The van der Waals surface area contributed by atoms with Crippen molar-refractivity contribution in [3.8, 4) is 0 Å². The van der Waals surface area contributed by atoms with Gasteiger partial charge in [0.05, 0.1) is 11.6 Å². The second kappa shape index (κ2) is 6.09. The Hall–Kier alpha value is -1.15. The van der Waals surface area contributed by atoms with E-state index in [2.05, 4.69) is 20.5 Å². The maximum Gasteiger partial charge on any atom is 0.291 e. The minimum Gasteiger partial charge on any atom is -0.355 e. The van der Waals surface area contributed by atoms with Crippen LogP contribution in [-0.2, 0) is 6.54 Å². The maximum atomic E-state index is 12.4. The first-order valence-electron chi connectivity index (χ1n) is 6.52. The molecule has 0 aliphatic heterocycles. The zero-order valence-corrected chi connectivity index (χ0v) is 12.3. The Morgan fingerprint density at radius 2 is 2.05 bits per heavy atom. The summed E-state index contributed by atoms with van der Waals surface area (Å²) >= 11 is 2.59. The summed E-state index contributed by atoms with van der Waals surface area (Å²) in [5.41, 5.74) is 0. The number of hydrogen-bond acceptors (Lipinski definition) is 6. The summed E-state index contributed by atoms with van der Waals surface area (Å²) < 4.78 is 24.8. The molecule has 1 N–H and O–H groups in total. The largest absolute Gasteiger partial charge is 0.355 e. The molecule has 2 aromatic rings. The van der Waals surface area contributed by atoms with Gasteiger partial charge < -0.3 is 5.32 Å². The number of alkyl halides is 2. The van der Waals surface area contributed by atoms with Crippen LogP contribution in [0.5, 0.6) is 0 Å². The highest BCUT2D eigenvalue weighted by molar-refractivity contribution is 7.15. The Bertz CT molecular complexity index is 563. The average Bonchev–Trinajstić information content (AvgIpc) is 3.17. The van der Waals surface area contributed by atoms with Gasteiger partial charge in [-0.15, -0.1) is 21.5 Å². The van der Waals surface area contributed by atoms with Crippen molar-refractivity contribution < 1.29 is 8.78 Å². The maximum absolute atomic E-state index is 12.4. The molecule has 0 bridgehead atoms. The SMILES string of the molecule is FC(F)c1nnc(NCc2cnc(C3CCCC3)s2)s1. The Balaban J connectivity index is 1.57. The molecule has 4 nitrogen and oxygen atoms in total. The van der Waals surface area contributed by atoms with Gasteiger partial charge in [-0.1, -0.05) is 24.2 Å². The van der Waals surface area contributed by atoms with Crippen LogP contribution in [0, 0.1) is 0 Å². The van der Waals surface area contributed by atoms with Gasteiger partial charge in [0.25, 0.3) is 6.43 Å². The van der Waals surface area contributed by atoms with Gasteiger partial charge in [0.15, 0.2) is 5.01 Å². The lowest BCUT2D eigenvalue weighted by Gasteiger charge is -2.02. The van der Waals surface area contributed by atoms with E-state index in [1.807, 2.05) is 6.20 Å². The molecule has 0 spiro atoms. The molecular formula is C12H14F2N4S2. The van der Waals surface area contributed by atoms with Crippen LogP contribution in [0.3, 0.4) is 0 Å². The summed E-state index contributed by atoms with van der Waals surface area (Å²) in [5.74, 6) is 0.612. The van der Waals surface area contributed by atoms with E-state index < -0.39 is 6.43 Å². The highest BCUT2D eigenvalue weighted by Gasteiger charge is 2.20. The van der Waals surface area contributed by atoms with Gasteiger partial charge in [-0.25, -0.2) is 13.8 Å². The smallest absolute Gasteiger partial charge is 0.291 e. The van der Waals surface area contributed by atoms with Crippen LogP contribution in [0.25, 0.3) is 0 Å². The summed E-state index contributed by atoms with van der Waals surface area (Å²) in [6, 6.07) is 0. The Morgan fingerprint density at radius 1 is 1.25 bits per heavy atom. The molecule has 0 atom stereocenters. The van der Waals surface area contributed by atoms with Gasteiger partial charge in [-0.05, 0) is 12.8 Å². The monoisotopic (exact) mass is 316 g/mol. The molecule has 8 heteroatoms. The summed E-state index contributed by atoms with van der Waals surface area (Å²) in [5, 5.41) is 11.5. The second-order valence-electron chi connectivity index (χ2n) is 4.75. The lowest BCUT2D eigenvalue weighted by atomic mass is 10.1. The zero-order chi connectivity index (χ0) is 13.9. The number of hydrogen-bond donors (Lipinski definition) is 1. The quantitative estimate of drug-likeness (QED) is 0.898. The number of thiazole rings is 1. The van der Waals surface area contributed by atoms with Gasteiger partial charge in [0, 0.05) is 17.0 Å². The van der Waals surface area contributed by atoms with Gasteiger partial charge in [0.2, 0.25) is 5.13 Å². The normalized spacial score (nSPS) is 16.1. The molecule has 0 aromatic carbocycles. The Kier molecular flexibility index (Phi) is 4.21. The first-order chi connectivity index (χ1) is 9.72. The van der Waals surface area contributed by atoms with E-state index in [-0.39, 0.29) is 5.01 Å². The minimum absolute atomic E-state index is 0.247. The number of nitrogens with one attached hydrogen (secondary N) is 1. The highest BCUT2D eigenvalue weighted by Crippen LogP contribution is 2.36. The third kappa shape index (κ3) is 3.12. The van der Waals surface area contributed by atoms with E-state index in [1.165, 1.54) is 30.7 Å². The number of halogens is 2. The van der Waals surface area contributed by atoms with Crippen molar-refractivity contribution in [2.45, 2.75) is 44.6 Å². The third-order valence-electron chi connectivity index (χ3n) is 3.32. The van der Waals surface area contributed by atoms with Crippen LogP contribution >= 0.6 is 22.7 Å². The first kappa shape index (κ1) is 13.8. The van der Waals surface area contributed by atoms with E-state index in [9.17, 15) is 8.78 Å². The predicted molar refractivity (Wildman–Crippen MR) is 75.5 cm³/mol. The predicted octanol–water partition coefficient (Wildman–Crippen LogP) is 4.20. The summed E-state index contributed by atoms with van der Waals surface area (Å²) in [6.07, 6.45) is 4.35. The summed E-state index contributed by atoms with van der Waals surface area (Å²) in [6.45, 7) is 0.558. The van der Waals surface area contributed by atoms with Crippen LogP contribution < -0.4 is 5.32 Å². The van der Waals surface area contributed by atoms with E-state index in [4.69, 9.17) is 0 Å². The zero-order valence-electron chi connectivity index (χ0n) is 10.7. The van der Waals surface area contributed by atoms with Crippen molar-refractivity contribution in [2.24, 2.45) is 0 Å². The van der Waals surface area contributed by atoms with Crippen molar-refractivity contribution in [1.29, 1.82) is 0 Å². The van der Waals surface area contributed by atoms with Crippen LogP contribution in [0.1, 0.15) is 52.9 Å². The summed E-state index contributed by atoms with van der Waals surface area (Å²) in [7, 11) is 0. The van der Waals surface area contributed by atoms with Crippen molar-refractivity contribution >= 4 is 27.8 Å². The van der Waals surface area contributed by atoms with Crippen LogP contribution in [0.2, 0.25) is 0 Å². The third-order valence-corrected chi connectivity index (χ3v) is 5.37. The second-order valence-corrected chi connectivity index (χ2v) is 6.90. The molecule has 20 heavy (non-hydrogen) atoms.